The predicted molar refractivity (Wildman–Crippen MR) is 95.7 cm³/mol. The first-order valence-electron chi connectivity index (χ1n) is 8.31. The minimum Gasteiger partial charge on any atom is -0.493 e. The van der Waals surface area contributed by atoms with E-state index < -0.39 is 7.12 Å². The van der Waals surface area contributed by atoms with Crippen LogP contribution in [0.2, 0.25) is 6.32 Å². The molecule has 24 heavy (non-hydrogen) atoms. The molecule has 0 bridgehead atoms. The molecular formula is C19H23BO4. The van der Waals surface area contributed by atoms with Gasteiger partial charge in [0.2, 0.25) is 0 Å². The van der Waals surface area contributed by atoms with Crippen molar-refractivity contribution in [1.82, 2.24) is 0 Å². The van der Waals surface area contributed by atoms with E-state index in [0.717, 1.165) is 22.6 Å². The van der Waals surface area contributed by atoms with Crippen molar-refractivity contribution in [2.45, 2.75) is 32.2 Å². The van der Waals surface area contributed by atoms with Crippen molar-refractivity contribution < 1.29 is 19.2 Å². The lowest BCUT2D eigenvalue weighted by atomic mass is 9.79. The van der Waals surface area contributed by atoms with Gasteiger partial charge in [-0.15, -0.1) is 0 Å². The van der Waals surface area contributed by atoms with Crippen LogP contribution in [0.15, 0.2) is 42.5 Å². The molecule has 1 aliphatic rings. The van der Waals surface area contributed by atoms with Crippen molar-refractivity contribution >= 4 is 7.12 Å². The van der Waals surface area contributed by atoms with E-state index in [1.165, 1.54) is 5.56 Å². The van der Waals surface area contributed by atoms with Gasteiger partial charge >= 0.3 is 7.12 Å². The van der Waals surface area contributed by atoms with E-state index in [1.807, 2.05) is 38.1 Å². The molecule has 0 unspecified atom stereocenters. The maximum Gasteiger partial charge on any atom is 0.454 e. The number of rotatable bonds is 5. The molecule has 1 N–H and O–H groups in total. The van der Waals surface area contributed by atoms with Gasteiger partial charge in [0.25, 0.3) is 0 Å². The zero-order valence-corrected chi connectivity index (χ0v) is 14.4. The number of hydrogen-bond acceptors (Lipinski definition) is 4. The molecule has 1 atom stereocenters. The minimum atomic E-state index is -0.648. The first kappa shape index (κ1) is 16.9. The molecule has 0 radical (unpaired) electrons. The van der Waals surface area contributed by atoms with Crippen molar-refractivity contribution in [3.8, 4) is 22.6 Å². The van der Waals surface area contributed by atoms with Gasteiger partial charge in [0.05, 0.1) is 13.2 Å². The van der Waals surface area contributed by atoms with Crippen LogP contribution in [-0.4, -0.2) is 32.0 Å². The van der Waals surface area contributed by atoms with Gasteiger partial charge in [0, 0.05) is 12.5 Å². The minimum absolute atomic E-state index is 0.0811. The fraction of sp³-hybridized carbons (Fsp3) is 0.368. The molecule has 1 saturated heterocycles. The molecule has 1 fully saturated rings. The molecule has 2 aromatic carbocycles. The number of hydrogen-bond donors (Lipinski definition) is 1. The van der Waals surface area contributed by atoms with E-state index in [-0.39, 0.29) is 12.0 Å². The van der Waals surface area contributed by atoms with Crippen LogP contribution in [0.4, 0.5) is 0 Å². The second-order valence-corrected chi connectivity index (χ2v) is 6.38. The summed E-state index contributed by atoms with van der Waals surface area (Å²) < 4.78 is 16.5. The Morgan fingerprint density at radius 3 is 2.58 bits per heavy atom. The van der Waals surface area contributed by atoms with Crippen molar-refractivity contribution in [3.05, 3.63) is 48.0 Å². The summed E-state index contributed by atoms with van der Waals surface area (Å²) in [6.45, 7) is 4.56. The fourth-order valence-corrected chi connectivity index (χ4v) is 3.01. The lowest BCUT2D eigenvalue weighted by Crippen LogP contribution is -2.07. The molecule has 5 heteroatoms. The molecule has 1 aliphatic heterocycles. The highest BCUT2D eigenvalue weighted by Crippen LogP contribution is 2.35. The quantitative estimate of drug-likeness (QED) is 0.850. The van der Waals surface area contributed by atoms with Crippen LogP contribution >= 0.6 is 0 Å². The number of benzene rings is 2. The molecule has 0 aliphatic carbocycles. The number of ether oxygens (including phenoxy) is 2. The normalized spacial score (nSPS) is 17.4. The Bertz CT molecular complexity index is 702. The summed E-state index contributed by atoms with van der Waals surface area (Å²) in [5, 5.41) is 9.57. The predicted octanol–water partition coefficient (Wildman–Crippen LogP) is 3.74. The summed E-state index contributed by atoms with van der Waals surface area (Å²) in [6, 6.07) is 14.3. The Hall–Kier alpha value is -1.98. The zero-order valence-electron chi connectivity index (χ0n) is 14.4. The van der Waals surface area contributed by atoms with Crippen LogP contribution in [0.3, 0.4) is 0 Å². The van der Waals surface area contributed by atoms with Gasteiger partial charge in [-0.25, -0.2) is 0 Å². The van der Waals surface area contributed by atoms with Gasteiger partial charge in [-0.3, -0.25) is 0 Å². The van der Waals surface area contributed by atoms with E-state index in [9.17, 15) is 5.02 Å². The molecule has 0 spiro atoms. The summed E-state index contributed by atoms with van der Waals surface area (Å²) in [4.78, 5) is 0. The summed E-state index contributed by atoms with van der Waals surface area (Å²) in [5.74, 6) is 1.72. The van der Waals surface area contributed by atoms with Gasteiger partial charge in [0.1, 0.15) is 0 Å². The Morgan fingerprint density at radius 1 is 1.12 bits per heavy atom. The molecule has 0 saturated carbocycles. The molecule has 1 heterocycles. The van der Waals surface area contributed by atoms with Crippen molar-refractivity contribution in [3.63, 3.8) is 0 Å². The van der Waals surface area contributed by atoms with E-state index in [2.05, 4.69) is 18.2 Å². The second-order valence-electron chi connectivity index (χ2n) is 6.38. The maximum atomic E-state index is 9.57. The highest BCUT2D eigenvalue weighted by atomic mass is 16.5. The van der Waals surface area contributed by atoms with E-state index in [4.69, 9.17) is 14.1 Å². The molecule has 3 rings (SSSR count). The zero-order chi connectivity index (χ0) is 17.1. The molecule has 0 amide bonds. The van der Waals surface area contributed by atoms with Crippen molar-refractivity contribution in [2.75, 3.05) is 13.7 Å². The highest BCUT2D eigenvalue weighted by Gasteiger charge is 2.29. The third kappa shape index (κ3) is 3.74. The van der Waals surface area contributed by atoms with E-state index in [0.29, 0.717) is 12.9 Å². The molecule has 4 nitrogen and oxygen atoms in total. The standard InChI is InChI=1S/C19H23BO4/c1-13(2)24-19-10-16(7-8-18(19)22-3)14-5-4-6-15(9-14)17-11-20(21)23-12-17/h4-10,13,17,21H,11-12H2,1-3H3/t17-/m0/s1. The topological polar surface area (TPSA) is 47.9 Å². The smallest absolute Gasteiger partial charge is 0.454 e. The lowest BCUT2D eigenvalue weighted by molar-refractivity contribution is 0.230. The monoisotopic (exact) mass is 326 g/mol. The fourth-order valence-electron chi connectivity index (χ4n) is 3.01. The summed E-state index contributed by atoms with van der Waals surface area (Å²) >= 11 is 0. The van der Waals surface area contributed by atoms with Crippen LogP contribution in [0, 0.1) is 0 Å². The summed E-state index contributed by atoms with van der Waals surface area (Å²) in [5.41, 5.74) is 3.38. The third-order valence-corrected chi connectivity index (χ3v) is 4.19. The first-order valence-corrected chi connectivity index (χ1v) is 8.31. The maximum absolute atomic E-state index is 9.57. The molecular weight excluding hydrogens is 303 g/mol. The van der Waals surface area contributed by atoms with Crippen LogP contribution < -0.4 is 9.47 Å². The molecule has 0 aromatic heterocycles. The first-order chi connectivity index (χ1) is 11.6. The summed E-state index contributed by atoms with van der Waals surface area (Å²) in [7, 11) is 1.000. The van der Waals surface area contributed by atoms with Crippen molar-refractivity contribution in [1.29, 1.82) is 0 Å². The Labute approximate surface area is 143 Å². The van der Waals surface area contributed by atoms with Gasteiger partial charge in [-0.2, -0.15) is 0 Å². The highest BCUT2D eigenvalue weighted by molar-refractivity contribution is 6.43. The average molecular weight is 326 g/mol. The Kier molecular flexibility index (Phi) is 5.12. The summed E-state index contributed by atoms with van der Waals surface area (Å²) in [6.07, 6.45) is 0.728. The Morgan fingerprint density at radius 2 is 1.92 bits per heavy atom. The van der Waals surface area contributed by atoms with Crippen LogP contribution in [0.25, 0.3) is 11.1 Å². The van der Waals surface area contributed by atoms with Gasteiger partial charge in [-0.05, 0) is 49.0 Å². The Balaban J connectivity index is 1.91. The SMILES string of the molecule is COc1ccc(-c2cccc([C@@H]3COB(O)C3)c2)cc1OC(C)C. The van der Waals surface area contributed by atoms with E-state index >= 15 is 0 Å². The molecule has 126 valence electrons. The average Bonchev–Trinajstić information content (AvgIpc) is 3.01. The van der Waals surface area contributed by atoms with E-state index in [1.54, 1.807) is 7.11 Å². The van der Waals surface area contributed by atoms with Crippen molar-refractivity contribution in [2.24, 2.45) is 0 Å². The van der Waals surface area contributed by atoms with Gasteiger partial charge in [-0.1, -0.05) is 30.3 Å². The van der Waals surface area contributed by atoms with Crippen LogP contribution in [0.5, 0.6) is 11.5 Å². The number of methoxy groups -OCH3 is 1. The van der Waals surface area contributed by atoms with Crippen LogP contribution in [0.1, 0.15) is 25.3 Å². The molecule has 2 aromatic rings. The van der Waals surface area contributed by atoms with Gasteiger partial charge in [0.15, 0.2) is 11.5 Å². The van der Waals surface area contributed by atoms with Gasteiger partial charge < -0.3 is 19.2 Å². The third-order valence-electron chi connectivity index (χ3n) is 4.19. The van der Waals surface area contributed by atoms with Crippen LogP contribution in [-0.2, 0) is 4.65 Å². The largest absolute Gasteiger partial charge is 0.493 e. The lowest BCUT2D eigenvalue weighted by Gasteiger charge is -2.15. The second kappa shape index (κ2) is 7.28.